The van der Waals surface area contributed by atoms with Crippen LogP contribution in [0.3, 0.4) is 0 Å². The van der Waals surface area contributed by atoms with Crippen LogP contribution in [0.15, 0.2) is 23.8 Å². The molecule has 80 heavy (non-hydrogen) atoms. The summed E-state index contributed by atoms with van der Waals surface area (Å²) in [4.78, 5) is 43.9. The van der Waals surface area contributed by atoms with Crippen molar-refractivity contribution >= 4 is 17.7 Å². The average Bonchev–Trinajstić information content (AvgIpc) is 3.90. The zero-order chi connectivity index (χ0) is 57.9. The van der Waals surface area contributed by atoms with Gasteiger partial charge in [-0.15, -0.1) is 0 Å². The first-order chi connectivity index (χ1) is 38.6. The van der Waals surface area contributed by atoms with Crippen LogP contribution in [-0.4, -0.2) is 128 Å². The van der Waals surface area contributed by atoms with Gasteiger partial charge in [-0.05, 0) is 156 Å². The molecule has 4 N–H and O–H groups in total. The Labute approximate surface area is 489 Å². The molecule has 1 aliphatic heterocycles. The number of unbranched alkanes of at least 4 members (excludes halogenated alkanes) is 12. The number of ether oxygens (including phenoxy) is 3. The number of nitrogens with one attached hydrogen (secondary N) is 2. The number of nitrogens with zero attached hydrogens (tertiary/aromatic N) is 2. The lowest BCUT2D eigenvalue weighted by atomic mass is 9.47. The summed E-state index contributed by atoms with van der Waals surface area (Å²) in [5, 5.41) is 26.8. The van der Waals surface area contributed by atoms with Crippen molar-refractivity contribution in [2.24, 2.45) is 52.3 Å². The van der Waals surface area contributed by atoms with Crippen molar-refractivity contribution in [1.29, 1.82) is 0 Å². The number of aliphatic hydroxyl groups is 2. The molecule has 0 aromatic heterocycles. The van der Waals surface area contributed by atoms with Gasteiger partial charge in [0.25, 0.3) is 0 Å². The second-order valence-corrected chi connectivity index (χ2v) is 27.0. The molecular formula is C68H122N4O8. The Morgan fingerprint density at radius 2 is 1.44 bits per heavy atom. The average molecular weight is 1120 g/mol. The summed E-state index contributed by atoms with van der Waals surface area (Å²) in [6, 6.07) is 0. The van der Waals surface area contributed by atoms with Gasteiger partial charge in [0.05, 0.1) is 24.9 Å². The Morgan fingerprint density at radius 3 is 2.14 bits per heavy atom. The molecule has 5 rings (SSSR count). The standard InChI is InChI=1S/C68H122N4O8/c1-10-12-13-14-15-16-17-18-19-20-21-22-23-24-25-32-63(75)72(46-29-45-71(62(74)11-2)44-27-26-42-69-43-39-61(73)70-50-60-53(6)64(76)65(77)66(78-9)80-60)47-48-79-55-37-40-67(7)54(49-55)33-34-56-58-36-35-57(52(5)31-28-30-51(3)4)68(58,8)41-38-59(56)67/h18-19,33,51-53,55-60,64-66,69,76-77H,10-17,20-32,34-50H2,1-9H3,(H,70,73)/b19-18-/t52-,53+,55?,56+,57-,58+,59+,60?,64+,65+,66?,67+,68-/m1/s1. The Morgan fingerprint density at radius 1 is 0.750 bits per heavy atom. The van der Waals surface area contributed by atoms with Crippen molar-refractivity contribution in [3.63, 3.8) is 0 Å². The highest BCUT2D eigenvalue weighted by Crippen LogP contribution is 2.67. The van der Waals surface area contributed by atoms with E-state index in [1.807, 2.05) is 16.7 Å². The number of rotatable bonds is 40. The molecule has 0 aromatic carbocycles. The van der Waals surface area contributed by atoms with Crippen LogP contribution in [0.1, 0.15) is 248 Å². The lowest BCUT2D eigenvalue weighted by Gasteiger charge is -2.58. The number of aliphatic hydroxyl groups excluding tert-OH is 2. The molecule has 1 heterocycles. The smallest absolute Gasteiger partial charge is 0.222 e. The molecule has 3 unspecified atom stereocenters. The number of amides is 3. The summed E-state index contributed by atoms with van der Waals surface area (Å²) in [5.74, 6) is 4.89. The van der Waals surface area contributed by atoms with Crippen LogP contribution >= 0.6 is 0 Å². The molecule has 0 spiro atoms. The van der Waals surface area contributed by atoms with Crippen LogP contribution in [0.25, 0.3) is 0 Å². The minimum Gasteiger partial charge on any atom is -0.390 e. The van der Waals surface area contributed by atoms with E-state index in [2.05, 4.69) is 70.4 Å². The lowest BCUT2D eigenvalue weighted by Crippen LogP contribution is -2.56. The van der Waals surface area contributed by atoms with Crippen LogP contribution in [0.4, 0.5) is 0 Å². The van der Waals surface area contributed by atoms with E-state index < -0.39 is 24.6 Å². The molecule has 5 aliphatic rings. The third-order valence-corrected chi connectivity index (χ3v) is 20.8. The minimum absolute atomic E-state index is 0.119. The van der Waals surface area contributed by atoms with E-state index >= 15 is 0 Å². The maximum atomic E-state index is 14.0. The van der Waals surface area contributed by atoms with Gasteiger partial charge < -0.3 is 44.9 Å². The van der Waals surface area contributed by atoms with Gasteiger partial charge in [-0.3, -0.25) is 14.4 Å². The van der Waals surface area contributed by atoms with Crippen molar-refractivity contribution in [3.8, 4) is 0 Å². The number of methoxy groups -OCH3 is 1. The van der Waals surface area contributed by atoms with E-state index in [1.165, 1.54) is 129 Å². The van der Waals surface area contributed by atoms with Gasteiger partial charge in [-0.25, -0.2) is 0 Å². The Balaban J connectivity index is 1.05. The van der Waals surface area contributed by atoms with Crippen molar-refractivity contribution in [2.45, 2.75) is 279 Å². The first kappa shape index (κ1) is 68.4. The van der Waals surface area contributed by atoms with Crippen LogP contribution < -0.4 is 10.6 Å². The van der Waals surface area contributed by atoms with Crippen molar-refractivity contribution in [2.75, 3.05) is 59.5 Å². The van der Waals surface area contributed by atoms with Gasteiger partial charge in [0, 0.05) is 71.6 Å². The van der Waals surface area contributed by atoms with Crippen LogP contribution in [0.2, 0.25) is 0 Å². The molecule has 1 saturated heterocycles. The molecule has 3 amide bonds. The number of allylic oxidation sites excluding steroid dienone is 3. The van der Waals surface area contributed by atoms with Gasteiger partial charge in [0.15, 0.2) is 6.29 Å². The third kappa shape index (κ3) is 21.0. The fourth-order valence-electron chi connectivity index (χ4n) is 15.7. The molecular weight excluding hydrogens is 1000 g/mol. The monoisotopic (exact) mass is 1120 g/mol. The van der Waals surface area contributed by atoms with E-state index in [0.717, 1.165) is 93.4 Å². The number of carbonyl (C=O) groups is 3. The summed E-state index contributed by atoms with van der Waals surface area (Å²) in [7, 11) is 1.42. The largest absolute Gasteiger partial charge is 0.390 e. The molecule has 462 valence electrons. The summed E-state index contributed by atoms with van der Waals surface area (Å²) >= 11 is 0. The van der Waals surface area contributed by atoms with E-state index in [-0.39, 0.29) is 41.7 Å². The first-order valence-corrected chi connectivity index (χ1v) is 33.6. The van der Waals surface area contributed by atoms with Crippen molar-refractivity contribution in [3.05, 3.63) is 23.8 Å². The Hall–Kier alpha value is -2.35. The molecule has 0 radical (unpaired) electrons. The van der Waals surface area contributed by atoms with E-state index in [0.29, 0.717) is 64.0 Å². The van der Waals surface area contributed by atoms with E-state index in [1.54, 1.807) is 12.5 Å². The molecule has 12 heteroatoms. The Kier molecular flexibility index (Phi) is 31.2. The van der Waals surface area contributed by atoms with Gasteiger partial charge in [0.1, 0.15) is 6.10 Å². The second kappa shape index (κ2) is 36.5. The van der Waals surface area contributed by atoms with Gasteiger partial charge in [0.2, 0.25) is 17.7 Å². The molecule has 4 fully saturated rings. The van der Waals surface area contributed by atoms with E-state index in [4.69, 9.17) is 14.2 Å². The second-order valence-electron chi connectivity index (χ2n) is 27.0. The highest BCUT2D eigenvalue weighted by atomic mass is 16.7. The zero-order valence-electron chi connectivity index (χ0n) is 52.8. The lowest BCUT2D eigenvalue weighted by molar-refractivity contribution is -0.274. The molecule has 12 nitrogen and oxygen atoms in total. The topological polar surface area (TPSA) is 150 Å². The molecule has 0 bridgehead atoms. The number of carbonyl (C=O) groups excluding carboxylic acids is 3. The predicted octanol–water partition coefficient (Wildman–Crippen LogP) is 13.5. The molecule has 0 aromatic rings. The SMILES string of the molecule is CCCCCCCC/C=C\CCCCCCCC(=O)N(CCCN(CCCCNCCC(=O)NCC1OC(OC)[C@@H](O)[C@@H](O)[C@H]1C)C(=O)CC)CCOC1CC[C@@]2(C)C(=CC[C@H]3[C@@H]4CC[C@H]([C@H](C)CCCC(C)C)[C@@]4(C)CC[C@@H]32)C1. The summed E-state index contributed by atoms with van der Waals surface area (Å²) in [5.41, 5.74) is 2.45. The molecule has 4 aliphatic carbocycles. The molecule has 13 atom stereocenters. The number of hydrogen-bond acceptors (Lipinski definition) is 9. The number of fused-ring (bicyclic) bond motifs is 5. The maximum absolute atomic E-state index is 14.0. The van der Waals surface area contributed by atoms with E-state index in [9.17, 15) is 24.6 Å². The highest BCUT2D eigenvalue weighted by Gasteiger charge is 2.59. The predicted molar refractivity (Wildman–Crippen MR) is 327 cm³/mol. The number of hydrogen-bond donors (Lipinski definition) is 4. The van der Waals surface area contributed by atoms with Gasteiger partial charge in [-0.2, -0.15) is 0 Å². The Bertz CT molecular complexity index is 1830. The summed E-state index contributed by atoms with van der Waals surface area (Å²) < 4.78 is 17.7. The maximum Gasteiger partial charge on any atom is 0.222 e. The zero-order valence-corrected chi connectivity index (χ0v) is 52.8. The molecule has 3 saturated carbocycles. The first-order valence-electron chi connectivity index (χ1n) is 33.6. The van der Waals surface area contributed by atoms with Gasteiger partial charge >= 0.3 is 0 Å². The fraction of sp³-hybridized carbons (Fsp3) is 0.897. The van der Waals surface area contributed by atoms with Crippen molar-refractivity contribution in [1.82, 2.24) is 20.4 Å². The summed E-state index contributed by atoms with van der Waals surface area (Å²) in [6.07, 6.45) is 38.3. The highest BCUT2D eigenvalue weighted by molar-refractivity contribution is 5.77. The minimum atomic E-state index is -1.13. The van der Waals surface area contributed by atoms with Crippen molar-refractivity contribution < 1.29 is 38.8 Å². The van der Waals surface area contributed by atoms with Crippen LogP contribution in [-0.2, 0) is 28.6 Å². The van der Waals surface area contributed by atoms with Gasteiger partial charge in [-0.1, -0.05) is 150 Å². The third-order valence-electron chi connectivity index (χ3n) is 20.8. The van der Waals surface area contributed by atoms with Crippen LogP contribution in [0, 0.1) is 52.3 Å². The summed E-state index contributed by atoms with van der Waals surface area (Å²) in [6.45, 7) is 23.2. The quantitative estimate of drug-likeness (QED) is 0.0347. The fourth-order valence-corrected chi connectivity index (χ4v) is 15.7. The van der Waals surface area contributed by atoms with Crippen LogP contribution in [0.5, 0.6) is 0 Å². The normalized spacial score (nSPS) is 29.7.